The third kappa shape index (κ3) is 2.26. The van der Waals surface area contributed by atoms with Crippen molar-refractivity contribution in [1.82, 2.24) is 5.32 Å². The fourth-order valence-corrected chi connectivity index (χ4v) is 3.56. The Morgan fingerprint density at radius 2 is 2.17 bits per heavy atom. The molecule has 0 aromatic heterocycles. The molecule has 1 aliphatic heterocycles. The molecule has 1 atom stereocenters. The van der Waals surface area contributed by atoms with Crippen molar-refractivity contribution in [1.29, 1.82) is 0 Å². The van der Waals surface area contributed by atoms with Gasteiger partial charge in [0.25, 0.3) is 0 Å². The first-order valence-electron chi connectivity index (χ1n) is 3.58. The molecule has 0 aromatic rings. The van der Waals surface area contributed by atoms with Crippen molar-refractivity contribution in [3.05, 3.63) is 0 Å². The smallest absolute Gasteiger partial charge is 0.405 e. The maximum atomic E-state index is 10.3. The van der Waals surface area contributed by atoms with Crippen LogP contribution >= 0.6 is 10.6 Å². The van der Waals surface area contributed by atoms with Crippen LogP contribution in [0.4, 0.5) is 4.79 Å². The van der Waals surface area contributed by atoms with Crippen molar-refractivity contribution >= 4 is 16.7 Å². The molecule has 1 saturated heterocycles. The fourth-order valence-electron chi connectivity index (χ4n) is 1.40. The number of carboxylic acid groups (broad SMARTS) is 1. The SMILES string of the molecule is CC1(NC(=O)O)CCS(O)(O)C1. The van der Waals surface area contributed by atoms with Gasteiger partial charge in [0, 0.05) is 5.75 Å². The molecule has 1 rings (SSSR count). The molecule has 0 aromatic carbocycles. The number of nitrogens with one attached hydrogen (secondary N) is 1. The van der Waals surface area contributed by atoms with Crippen molar-refractivity contribution in [2.45, 2.75) is 18.9 Å². The normalized spacial score (nSPS) is 35.9. The van der Waals surface area contributed by atoms with E-state index in [1.165, 1.54) is 0 Å². The highest BCUT2D eigenvalue weighted by Gasteiger charge is 2.39. The second kappa shape index (κ2) is 2.79. The molecule has 1 amide bonds. The van der Waals surface area contributed by atoms with E-state index in [-0.39, 0.29) is 5.75 Å². The summed E-state index contributed by atoms with van der Waals surface area (Å²) in [5.41, 5.74) is -0.662. The summed E-state index contributed by atoms with van der Waals surface area (Å²) in [5.74, 6) is 0.427. The highest BCUT2D eigenvalue weighted by molar-refractivity contribution is 8.24. The number of carbonyl (C=O) groups is 1. The van der Waals surface area contributed by atoms with Crippen LogP contribution in [0.1, 0.15) is 13.3 Å². The molecule has 1 fully saturated rings. The Hall–Kier alpha value is -0.460. The molecule has 0 radical (unpaired) electrons. The third-order valence-corrected chi connectivity index (χ3v) is 3.90. The lowest BCUT2D eigenvalue weighted by molar-refractivity contribution is 0.183. The zero-order chi connectivity index (χ0) is 9.41. The van der Waals surface area contributed by atoms with Gasteiger partial charge in [-0.25, -0.2) is 4.79 Å². The van der Waals surface area contributed by atoms with E-state index in [9.17, 15) is 13.9 Å². The molecule has 1 heterocycles. The molecule has 1 aliphatic rings. The first kappa shape index (κ1) is 9.63. The van der Waals surface area contributed by atoms with Crippen molar-refractivity contribution in [3.63, 3.8) is 0 Å². The molecule has 0 saturated carbocycles. The molecule has 12 heavy (non-hydrogen) atoms. The minimum absolute atomic E-state index is 0.131. The summed E-state index contributed by atoms with van der Waals surface area (Å²) >= 11 is 0. The summed E-state index contributed by atoms with van der Waals surface area (Å²) in [5, 5.41) is 10.7. The molecule has 0 bridgehead atoms. The summed E-state index contributed by atoms with van der Waals surface area (Å²) in [4.78, 5) is 10.3. The molecule has 5 nitrogen and oxygen atoms in total. The lowest BCUT2D eigenvalue weighted by Gasteiger charge is -2.29. The van der Waals surface area contributed by atoms with E-state index in [4.69, 9.17) is 5.11 Å². The average molecular weight is 195 g/mol. The Bertz CT molecular complexity index is 208. The molecule has 1 unspecified atom stereocenters. The second-order valence-electron chi connectivity index (χ2n) is 3.39. The van der Waals surface area contributed by atoms with Crippen molar-refractivity contribution in [2.75, 3.05) is 11.5 Å². The van der Waals surface area contributed by atoms with Gasteiger partial charge < -0.3 is 10.4 Å². The Morgan fingerprint density at radius 3 is 2.50 bits per heavy atom. The standard InChI is InChI=1S/C6H13NO4S/c1-6(7-5(8)9)2-3-12(10,11)4-6/h7,10-11H,2-4H2,1H3,(H,8,9). The minimum Gasteiger partial charge on any atom is -0.465 e. The van der Waals surface area contributed by atoms with Crippen LogP contribution in [0, 0.1) is 0 Å². The number of amides is 1. The maximum absolute atomic E-state index is 10.3. The summed E-state index contributed by atoms with van der Waals surface area (Å²) in [6, 6.07) is 0. The second-order valence-corrected chi connectivity index (χ2v) is 5.69. The zero-order valence-corrected chi connectivity index (χ0v) is 7.60. The van der Waals surface area contributed by atoms with Gasteiger partial charge in [-0.05, 0) is 13.3 Å². The molecule has 4 N–H and O–H groups in total. The molecular weight excluding hydrogens is 182 g/mol. The Morgan fingerprint density at radius 1 is 1.58 bits per heavy atom. The van der Waals surface area contributed by atoms with Crippen LogP contribution in [0.25, 0.3) is 0 Å². The maximum Gasteiger partial charge on any atom is 0.405 e. The van der Waals surface area contributed by atoms with Gasteiger partial charge in [-0.2, -0.15) is 10.6 Å². The van der Waals surface area contributed by atoms with Gasteiger partial charge in [-0.1, -0.05) is 0 Å². The Kier molecular flexibility index (Phi) is 2.24. The van der Waals surface area contributed by atoms with Gasteiger partial charge >= 0.3 is 6.09 Å². The van der Waals surface area contributed by atoms with Crippen molar-refractivity contribution in [2.24, 2.45) is 0 Å². The van der Waals surface area contributed by atoms with E-state index in [0.29, 0.717) is 12.2 Å². The highest BCUT2D eigenvalue weighted by Crippen LogP contribution is 2.49. The summed E-state index contributed by atoms with van der Waals surface area (Å²) in [6.07, 6.45) is -0.628. The molecule has 0 spiro atoms. The number of hydrogen-bond acceptors (Lipinski definition) is 3. The van der Waals surface area contributed by atoms with E-state index < -0.39 is 22.2 Å². The largest absolute Gasteiger partial charge is 0.465 e. The van der Waals surface area contributed by atoms with Gasteiger partial charge in [0.05, 0.1) is 11.3 Å². The highest BCUT2D eigenvalue weighted by atomic mass is 32.3. The van der Waals surface area contributed by atoms with E-state index in [1.54, 1.807) is 6.92 Å². The number of rotatable bonds is 1. The zero-order valence-electron chi connectivity index (χ0n) is 6.78. The lowest BCUT2D eigenvalue weighted by Crippen LogP contribution is -2.45. The van der Waals surface area contributed by atoms with Crippen LogP contribution in [-0.2, 0) is 0 Å². The quantitative estimate of drug-likeness (QED) is 0.505. The summed E-state index contributed by atoms with van der Waals surface area (Å²) < 4.78 is 18.5. The van der Waals surface area contributed by atoms with Gasteiger partial charge in [0.15, 0.2) is 0 Å². The van der Waals surface area contributed by atoms with Gasteiger partial charge in [-0.15, -0.1) is 0 Å². The van der Waals surface area contributed by atoms with Crippen LogP contribution in [0.2, 0.25) is 0 Å². The lowest BCUT2D eigenvalue weighted by atomic mass is 10.0. The fraction of sp³-hybridized carbons (Fsp3) is 0.833. The predicted octanol–water partition coefficient (Wildman–Crippen LogP) is 1.17. The molecule has 72 valence electrons. The van der Waals surface area contributed by atoms with Gasteiger partial charge in [0.2, 0.25) is 0 Å². The topological polar surface area (TPSA) is 89.8 Å². The first-order valence-corrected chi connectivity index (χ1v) is 5.46. The van der Waals surface area contributed by atoms with Crippen LogP contribution in [0.3, 0.4) is 0 Å². The van der Waals surface area contributed by atoms with E-state index >= 15 is 0 Å². The molecular formula is C6H13NO4S. The van der Waals surface area contributed by atoms with Gasteiger partial charge in [-0.3, -0.25) is 9.11 Å². The van der Waals surface area contributed by atoms with E-state index in [0.717, 1.165) is 0 Å². The van der Waals surface area contributed by atoms with Crippen LogP contribution in [0.15, 0.2) is 0 Å². The van der Waals surface area contributed by atoms with Crippen LogP contribution < -0.4 is 5.32 Å². The number of hydrogen-bond donors (Lipinski definition) is 4. The van der Waals surface area contributed by atoms with Crippen molar-refractivity contribution < 1.29 is 19.0 Å². The first-order chi connectivity index (χ1) is 5.33. The molecule has 0 aliphatic carbocycles. The third-order valence-electron chi connectivity index (χ3n) is 1.94. The minimum atomic E-state index is -2.53. The Labute approximate surface area is 72.1 Å². The van der Waals surface area contributed by atoms with Gasteiger partial charge in [0.1, 0.15) is 0 Å². The van der Waals surface area contributed by atoms with E-state index in [2.05, 4.69) is 5.32 Å². The van der Waals surface area contributed by atoms with Crippen molar-refractivity contribution in [3.8, 4) is 0 Å². The Balaban J connectivity index is 2.58. The summed E-state index contributed by atoms with van der Waals surface area (Å²) in [6.45, 7) is 1.68. The predicted molar refractivity (Wildman–Crippen MR) is 46.8 cm³/mol. The van der Waals surface area contributed by atoms with Crippen LogP contribution in [0.5, 0.6) is 0 Å². The average Bonchev–Trinajstić information content (AvgIpc) is 2.03. The van der Waals surface area contributed by atoms with E-state index in [1.807, 2.05) is 0 Å². The summed E-state index contributed by atoms with van der Waals surface area (Å²) in [7, 11) is -2.53. The molecule has 6 heteroatoms. The monoisotopic (exact) mass is 195 g/mol. The van der Waals surface area contributed by atoms with Crippen LogP contribution in [-0.4, -0.2) is 37.3 Å².